The van der Waals surface area contributed by atoms with E-state index in [0.29, 0.717) is 5.95 Å². The smallest absolute Gasteiger partial charge is 0.235 e. The Balaban J connectivity index is 0.930. The van der Waals surface area contributed by atoms with Crippen molar-refractivity contribution in [2.24, 2.45) is 0 Å². The molecule has 0 N–H and O–H groups in total. The molecule has 11 aromatic carbocycles. The number of nitrogens with zero attached hydrogens (tertiary/aromatic N) is 6. The van der Waals surface area contributed by atoms with Gasteiger partial charge in [-0.15, -0.1) is 0 Å². The summed E-state index contributed by atoms with van der Waals surface area (Å²) in [4.78, 5) is 11.3. The summed E-state index contributed by atoms with van der Waals surface area (Å²) in [5.74, 6) is 0.644. The number of benzene rings is 11. The Hall–Kier alpha value is -9.78. The Morgan fingerprint density at radius 3 is 1.61 bits per heavy atom. The third-order valence-corrected chi connectivity index (χ3v) is 15.7. The molecule has 0 saturated carbocycles. The largest absolute Gasteiger partial charge is 0.309 e. The Morgan fingerprint density at radius 2 is 0.819 bits per heavy atom. The van der Waals surface area contributed by atoms with Crippen LogP contribution >= 0.6 is 0 Å². The quantitative estimate of drug-likeness (QED) is 0.162. The van der Waals surface area contributed by atoms with Gasteiger partial charge in [0.1, 0.15) is 0 Å². The van der Waals surface area contributed by atoms with E-state index in [-0.39, 0.29) is 0 Å². The molecule has 0 unspecified atom stereocenters. The van der Waals surface area contributed by atoms with Gasteiger partial charge in [-0.05, 0) is 101 Å². The molecular weight excluding hydrogens is 877 g/mol. The van der Waals surface area contributed by atoms with Gasteiger partial charge in [-0.3, -0.25) is 4.57 Å². The Labute approximate surface area is 410 Å². The van der Waals surface area contributed by atoms with Crippen LogP contribution in [0.3, 0.4) is 0 Å². The fraction of sp³-hybridized carbons (Fsp3) is 0. The Kier molecular flexibility index (Phi) is 7.38. The van der Waals surface area contributed by atoms with Gasteiger partial charge in [0.15, 0.2) is 0 Å². The van der Waals surface area contributed by atoms with Crippen molar-refractivity contribution in [3.05, 3.63) is 231 Å². The summed E-state index contributed by atoms with van der Waals surface area (Å²) in [6.07, 6.45) is 0. The van der Waals surface area contributed by atoms with Crippen molar-refractivity contribution >= 4 is 114 Å². The van der Waals surface area contributed by atoms with E-state index in [9.17, 15) is 0 Å². The van der Waals surface area contributed by atoms with Gasteiger partial charge in [0, 0.05) is 65.4 Å². The predicted octanol–water partition coefficient (Wildman–Crippen LogP) is 16.8. The highest BCUT2D eigenvalue weighted by Gasteiger charge is 2.28. The van der Waals surface area contributed by atoms with Crippen LogP contribution in [0.5, 0.6) is 0 Å². The molecule has 17 rings (SSSR count). The maximum Gasteiger partial charge on any atom is 0.235 e. The molecular formula is C66H38N6. The summed E-state index contributed by atoms with van der Waals surface area (Å²) in [6.45, 7) is 0. The Morgan fingerprint density at radius 1 is 0.278 bits per heavy atom. The number of para-hydroxylation sites is 4. The SMILES string of the molecule is c1ccc(-n2c3ccccc3c3ccc(-c4ccc(-c5nc(-n6c7ccc8c9c7c7c6ccc6c%10ccccc%10n(c%10cccc(c9%10)n8-c8ccccc8)c67)nc6ccc7ccccc7c56)cc4)cc32)cc1. The van der Waals surface area contributed by atoms with Crippen LogP contribution in [0.2, 0.25) is 0 Å². The third-order valence-electron chi connectivity index (χ3n) is 15.7. The van der Waals surface area contributed by atoms with E-state index >= 15 is 0 Å². The average Bonchev–Trinajstić information content (AvgIpc) is 4.16. The lowest BCUT2D eigenvalue weighted by atomic mass is 9.97. The van der Waals surface area contributed by atoms with E-state index in [2.05, 4.69) is 249 Å². The second kappa shape index (κ2) is 13.9. The highest BCUT2D eigenvalue weighted by atomic mass is 15.2. The number of hydrogen-bond acceptors (Lipinski definition) is 2. The van der Waals surface area contributed by atoms with Crippen molar-refractivity contribution in [3.8, 4) is 39.7 Å². The monoisotopic (exact) mass is 914 g/mol. The molecule has 332 valence electrons. The summed E-state index contributed by atoms with van der Waals surface area (Å²) in [6, 6.07) is 83.9. The van der Waals surface area contributed by atoms with Gasteiger partial charge in [-0.1, -0.05) is 152 Å². The van der Waals surface area contributed by atoms with Crippen LogP contribution in [-0.2, 0) is 0 Å². The second-order valence-corrected chi connectivity index (χ2v) is 19.3. The van der Waals surface area contributed by atoms with Crippen LogP contribution in [0.4, 0.5) is 0 Å². The van der Waals surface area contributed by atoms with Crippen LogP contribution in [0.25, 0.3) is 154 Å². The van der Waals surface area contributed by atoms with Crippen LogP contribution in [0.1, 0.15) is 0 Å². The zero-order valence-corrected chi connectivity index (χ0v) is 38.6. The minimum absolute atomic E-state index is 0.644. The van der Waals surface area contributed by atoms with Gasteiger partial charge in [0.05, 0.1) is 60.9 Å². The minimum atomic E-state index is 0.644. The maximum atomic E-state index is 5.74. The number of fused-ring (bicyclic) bond motifs is 10. The molecule has 0 amide bonds. The number of rotatable bonds is 5. The first-order valence-corrected chi connectivity index (χ1v) is 24.7. The summed E-state index contributed by atoms with van der Waals surface area (Å²) >= 11 is 0. The van der Waals surface area contributed by atoms with E-state index in [4.69, 9.17) is 9.97 Å². The molecule has 0 radical (unpaired) electrons. The fourth-order valence-corrected chi connectivity index (χ4v) is 12.7. The van der Waals surface area contributed by atoms with Gasteiger partial charge in [0.2, 0.25) is 5.95 Å². The highest BCUT2D eigenvalue weighted by molar-refractivity contribution is 6.38. The van der Waals surface area contributed by atoms with Gasteiger partial charge >= 0.3 is 0 Å². The molecule has 0 aliphatic carbocycles. The average molecular weight is 915 g/mol. The minimum Gasteiger partial charge on any atom is -0.309 e. The Bertz CT molecular complexity index is 5070. The molecule has 0 bridgehead atoms. The molecule has 72 heavy (non-hydrogen) atoms. The number of hydrogen-bond donors (Lipinski definition) is 0. The topological polar surface area (TPSA) is 45.0 Å². The van der Waals surface area contributed by atoms with Crippen molar-refractivity contribution < 1.29 is 0 Å². The molecule has 0 spiro atoms. The first-order valence-electron chi connectivity index (χ1n) is 24.7. The van der Waals surface area contributed by atoms with E-state index in [0.717, 1.165) is 66.5 Å². The van der Waals surface area contributed by atoms with Crippen LogP contribution in [0.15, 0.2) is 231 Å². The zero-order chi connectivity index (χ0) is 46.8. The van der Waals surface area contributed by atoms with Crippen molar-refractivity contribution in [3.63, 3.8) is 0 Å². The van der Waals surface area contributed by atoms with Gasteiger partial charge in [-0.25, -0.2) is 9.97 Å². The lowest BCUT2D eigenvalue weighted by molar-refractivity contribution is 1.01. The molecule has 6 nitrogen and oxygen atoms in total. The van der Waals surface area contributed by atoms with Crippen LogP contribution in [0, 0.1) is 0 Å². The van der Waals surface area contributed by atoms with E-state index in [1.54, 1.807) is 0 Å². The maximum absolute atomic E-state index is 5.74. The van der Waals surface area contributed by atoms with Crippen molar-refractivity contribution in [2.75, 3.05) is 0 Å². The zero-order valence-electron chi connectivity index (χ0n) is 38.6. The van der Waals surface area contributed by atoms with Crippen LogP contribution < -0.4 is 0 Å². The van der Waals surface area contributed by atoms with Crippen molar-refractivity contribution in [1.29, 1.82) is 0 Å². The molecule has 6 heterocycles. The van der Waals surface area contributed by atoms with E-state index < -0.39 is 0 Å². The van der Waals surface area contributed by atoms with E-state index in [1.165, 1.54) is 81.7 Å². The third kappa shape index (κ3) is 4.92. The molecule has 0 aliphatic heterocycles. The van der Waals surface area contributed by atoms with Crippen LogP contribution in [-0.4, -0.2) is 28.1 Å². The highest BCUT2D eigenvalue weighted by Crippen LogP contribution is 2.49. The second-order valence-electron chi connectivity index (χ2n) is 19.3. The summed E-state index contributed by atoms with van der Waals surface area (Å²) < 4.78 is 9.68. The first-order chi connectivity index (χ1) is 35.7. The van der Waals surface area contributed by atoms with Crippen molar-refractivity contribution in [2.45, 2.75) is 0 Å². The molecule has 0 atom stereocenters. The first kappa shape index (κ1) is 38.1. The molecule has 0 fully saturated rings. The van der Waals surface area contributed by atoms with Gasteiger partial charge in [0.25, 0.3) is 0 Å². The molecule has 17 aromatic rings. The number of aromatic nitrogens is 6. The summed E-state index contributed by atoms with van der Waals surface area (Å²) in [5, 5.41) is 13.2. The fourth-order valence-electron chi connectivity index (χ4n) is 12.7. The molecule has 0 saturated heterocycles. The summed E-state index contributed by atoms with van der Waals surface area (Å²) in [5.41, 5.74) is 17.9. The predicted molar refractivity (Wildman–Crippen MR) is 299 cm³/mol. The lowest BCUT2D eigenvalue weighted by Crippen LogP contribution is -2.04. The standard InChI is InChI=1S/C66H38N6/c1-3-15-43(16-4-1)69-51-22-11-9-20-46(51)48-32-30-42(38-58(48)69)39-26-28-41(29-27-39)64-59-45-19-8-7-14-40(45)31-34-50(59)67-66(68-64)72-56-37-36-55-61-60-53(70(55)44-17-5-2-6-18-44)24-13-25-54(60)71-52-23-12-10-21-47(52)49-33-35-57(72)63(62(56)61)65(49)71/h1-38H. The normalized spacial score (nSPS) is 12.4. The molecule has 6 heteroatoms. The van der Waals surface area contributed by atoms with Crippen molar-refractivity contribution in [1.82, 2.24) is 28.1 Å². The lowest BCUT2D eigenvalue weighted by Gasteiger charge is -2.14. The van der Waals surface area contributed by atoms with Gasteiger partial charge < -0.3 is 13.5 Å². The van der Waals surface area contributed by atoms with E-state index in [1.807, 2.05) is 0 Å². The molecule has 6 aromatic heterocycles. The van der Waals surface area contributed by atoms with Gasteiger partial charge in [-0.2, -0.15) is 0 Å². The summed E-state index contributed by atoms with van der Waals surface area (Å²) in [7, 11) is 0. The molecule has 0 aliphatic rings.